The monoisotopic (exact) mass is 705 g/mol. The van der Waals surface area contributed by atoms with Crippen molar-refractivity contribution in [3.8, 4) is 5.75 Å². The molecule has 1 fully saturated rings. The quantitative estimate of drug-likeness (QED) is 0.170. The van der Waals surface area contributed by atoms with E-state index in [1.807, 2.05) is 0 Å². The molecule has 2 aliphatic heterocycles. The molecule has 0 amide bonds. The number of hydrogen-bond acceptors (Lipinski definition) is 5. The highest BCUT2D eigenvalue weighted by Crippen LogP contribution is 2.60. The van der Waals surface area contributed by atoms with E-state index < -0.39 is 13.9 Å². The maximum absolute atomic E-state index is 7.42. The molecular weight excluding hydrogens is 653 g/mol. The summed E-state index contributed by atoms with van der Waals surface area (Å²) in [5.74, 6) is 1.16. The highest BCUT2D eigenvalue weighted by molar-refractivity contribution is 14.1. The van der Waals surface area contributed by atoms with Crippen LogP contribution in [-0.2, 0) is 25.9 Å². The third-order valence-corrected chi connectivity index (χ3v) is 15.7. The molecule has 3 heterocycles. The van der Waals surface area contributed by atoms with E-state index in [9.17, 15) is 0 Å². The summed E-state index contributed by atoms with van der Waals surface area (Å²) in [6.07, 6.45) is 2.73. The Morgan fingerprint density at radius 2 is 1.71 bits per heavy atom. The van der Waals surface area contributed by atoms with E-state index in [0.29, 0.717) is 13.2 Å². The molecule has 232 valence electrons. The second-order valence-corrected chi connectivity index (χ2v) is 21.9. The van der Waals surface area contributed by atoms with Crippen LogP contribution < -0.4 is 4.74 Å². The Kier molecular flexibility index (Phi) is 8.80. The zero-order valence-electron chi connectivity index (χ0n) is 27.7. The van der Waals surface area contributed by atoms with E-state index in [4.69, 9.17) is 23.6 Å². The van der Waals surface area contributed by atoms with Crippen molar-refractivity contribution in [3.63, 3.8) is 0 Å². The Balaban J connectivity index is 1.77. The molecular formula is C35H52INO4Si. The van der Waals surface area contributed by atoms with Gasteiger partial charge in [0, 0.05) is 41.1 Å². The largest absolute Gasteiger partial charge is 0.491 e. The maximum atomic E-state index is 7.42. The van der Waals surface area contributed by atoms with Gasteiger partial charge in [0.1, 0.15) is 17.5 Å². The zero-order valence-corrected chi connectivity index (χ0v) is 30.8. The highest BCUT2D eigenvalue weighted by atomic mass is 127. The summed E-state index contributed by atoms with van der Waals surface area (Å²) in [5, 5.41) is 0.115. The minimum Gasteiger partial charge on any atom is -0.491 e. The van der Waals surface area contributed by atoms with Crippen LogP contribution >= 0.6 is 22.6 Å². The minimum absolute atomic E-state index is 0.000378. The summed E-state index contributed by atoms with van der Waals surface area (Å²) in [6.45, 7) is 26.6. The van der Waals surface area contributed by atoms with Gasteiger partial charge in [-0.2, -0.15) is 0 Å². The Morgan fingerprint density at radius 3 is 2.29 bits per heavy atom. The number of benzene rings is 1. The number of alkyl halides is 1. The third-order valence-electron chi connectivity index (χ3n) is 9.83. The van der Waals surface area contributed by atoms with Crippen LogP contribution in [0.3, 0.4) is 0 Å². The van der Waals surface area contributed by atoms with Crippen LogP contribution in [0.2, 0.25) is 18.1 Å². The number of aromatic nitrogens is 1. The number of pyridine rings is 1. The van der Waals surface area contributed by atoms with Gasteiger partial charge < -0.3 is 18.6 Å². The molecule has 2 aromatic rings. The van der Waals surface area contributed by atoms with Gasteiger partial charge in [0.25, 0.3) is 0 Å². The van der Waals surface area contributed by atoms with Gasteiger partial charge in [-0.3, -0.25) is 4.98 Å². The lowest BCUT2D eigenvalue weighted by atomic mass is 9.70. The SMILES string of the molecule is CC(C)Oc1ccc([C@H]2OC3(CCOCC3I)c3c2c(C(C)C)nc2c3[C@@H](O[Si](C)(C)C(C)(C)C)CC(C)(C)C2)cc1. The molecule has 0 saturated carbocycles. The van der Waals surface area contributed by atoms with Crippen molar-refractivity contribution in [2.75, 3.05) is 13.2 Å². The van der Waals surface area contributed by atoms with Crippen molar-refractivity contribution in [2.45, 2.75) is 133 Å². The number of halogens is 1. The fraction of sp³-hybridized carbons (Fsp3) is 0.686. The Morgan fingerprint density at radius 1 is 1.05 bits per heavy atom. The summed E-state index contributed by atoms with van der Waals surface area (Å²) in [4.78, 5) is 5.56. The molecule has 1 saturated heterocycles. The van der Waals surface area contributed by atoms with Gasteiger partial charge >= 0.3 is 0 Å². The van der Waals surface area contributed by atoms with Gasteiger partial charge in [0.05, 0.1) is 22.7 Å². The van der Waals surface area contributed by atoms with Crippen molar-refractivity contribution in [1.29, 1.82) is 0 Å². The lowest BCUT2D eigenvalue weighted by Gasteiger charge is -2.47. The van der Waals surface area contributed by atoms with Gasteiger partial charge in [0.15, 0.2) is 8.32 Å². The summed E-state index contributed by atoms with van der Waals surface area (Å²) in [7, 11) is -2.08. The van der Waals surface area contributed by atoms with Crippen LogP contribution in [0.4, 0.5) is 0 Å². The summed E-state index contributed by atoms with van der Waals surface area (Å²) in [5.41, 5.74) is 7.17. The molecule has 5 rings (SSSR count). The van der Waals surface area contributed by atoms with Gasteiger partial charge in [-0.15, -0.1) is 0 Å². The standard InChI is InChI=1S/C35H52INO4Si/c1-21(2)31-29-30(28-25(37-31)18-34(8,9)19-26(28)41-42(10,11)33(5,6)7)35(16-17-38-20-27(35)36)40-32(29)23-12-14-24(15-13-23)39-22(3)4/h12-15,21-22,26-27,32H,16-20H2,1-11H3/t26-,27?,32+,35?/m0/s1. The molecule has 0 radical (unpaired) electrons. The summed E-state index contributed by atoms with van der Waals surface area (Å²) < 4.78 is 27.0. The Bertz CT molecular complexity index is 1300. The Hall–Kier alpha value is -1.00. The maximum Gasteiger partial charge on any atom is 0.192 e. The molecule has 1 aromatic heterocycles. The molecule has 1 spiro atoms. The lowest BCUT2D eigenvalue weighted by Crippen LogP contribution is -2.47. The first kappa shape index (κ1) is 32.4. The molecule has 3 aliphatic rings. The van der Waals surface area contributed by atoms with E-state index in [1.54, 1.807) is 0 Å². The fourth-order valence-electron chi connectivity index (χ4n) is 6.76. The molecule has 1 aliphatic carbocycles. The lowest BCUT2D eigenvalue weighted by molar-refractivity contribution is -0.113. The average Bonchev–Trinajstić information content (AvgIpc) is 3.19. The molecule has 2 unspecified atom stereocenters. The van der Waals surface area contributed by atoms with Crippen LogP contribution in [0.5, 0.6) is 5.75 Å². The van der Waals surface area contributed by atoms with Crippen molar-refractivity contribution in [2.24, 2.45) is 5.41 Å². The van der Waals surface area contributed by atoms with E-state index in [-0.39, 0.29) is 38.6 Å². The van der Waals surface area contributed by atoms with Crippen molar-refractivity contribution < 1.29 is 18.6 Å². The summed E-state index contributed by atoms with van der Waals surface area (Å²) >= 11 is 2.59. The molecule has 42 heavy (non-hydrogen) atoms. The molecule has 7 heteroatoms. The number of nitrogens with zero attached hydrogens (tertiary/aromatic N) is 1. The van der Waals surface area contributed by atoms with E-state index in [0.717, 1.165) is 30.6 Å². The van der Waals surface area contributed by atoms with Crippen LogP contribution in [0.1, 0.15) is 127 Å². The third kappa shape index (κ3) is 5.86. The Labute approximate surface area is 269 Å². The van der Waals surface area contributed by atoms with Gasteiger partial charge in [0.2, 0.25) is 0 Å². The molecule has 0 N–H and O–H groups in total. The van der Waals surface area contributed by atoms with Crippen molar-refractivity contribution >= 4 is 30.9 Å². The second-order valence-electron chi connectivity index (χ2n) is 15.6. The van der Waals surface area contributed by atoms with E-state index >= 15 is 0 Å². The van der Waals surface area contributed by atoms with Gasteiger partial charge in [-0.05, 0) is 73.9 Å². The van der Waals surface area contributed by atoms with Gasteiger partial charge in [-0.1, -0.05) is 83.2 Å². The highest BCUT2D eigenvalue weighted by Gasteiger charge is 2.56. The van der Waals surface area contributed by atoms with Crippen molar-refractivity contribution in [3.05, 3.63) is 57.9 Å². The summed E-state index contributed by atoms with van der Waals surface area (Å²) in [6, 6.07) is 8.54. The zero-order chi connectivity index (χ0) is 30.8. The second kappa shape index (κ2) is 11.4. The first-order valence-electron chi connectivity index (χ1n) is 15.9. The number of hydrogen-bond donors (Lipinski definition) is 0. The van der Waals surface area contributed by atoms with Crippen LogP contribution in [0.25, 0.3) is 0 Å². The first-order valence-corrected chi connectivity index (χ1v) is 20.0. The van der Waals surface area contributed by atoms with Crippen LogP contribution in [-0.4, -0.2) is 36.5 Å². The fourth-order valence-corrected chi connectivity index (χ4v) is 9.05. The number of rotatable bonds is 6. The molecule has 5 nitrogen and oxygen atoms in total. The predicted octanol–water partition coefficient (Wildman–Crippen LogP) is 9.57. The molecule has 0 bridgehead atoms. The van der Waals surface area contributed by atoms with Crippen molar-refractivity contribution in [1.82, 2.24) is 4.98 Å². The number of ether oxygens (including phenoxy) is 3. The van der Waals surface area contributed by atoms with Gasteiger partial charge in [-0.25, -0.2) is 0 Å². The van der Waals surface area contributed by atoms with E-state index in [1.165, 1.54) is 28.1 Å². The van der Waals surface area contributed by atoms with E-state index in [2.05, 4.69) is 122 Å². The molecule has 4 atom stereocenters. The normalized spacial score (nSPS) is 27.4. The average molecular weight is 706 g/mol. The van der Waals surface area contributed by atoms with Crippen LogP contribution in [0.15, 0.2) is 24.3 Å². The number of fused-ring (bicyclic) bond motifs is 4. The smallest absolute Gasteiger partial charge is 0.192 e. The topological polar surface area (TPSA) is 49.8 Å². The molecule has 1 aromatic carbocycles. The van der Waals surface area contributed by atoms with Crippen LogP contribution in [0, 0.1) is 5.41 Å². The first-order chi connectivity index (χ1) is 19.5. The minimum atomic E-state index is -2.08. The predicted molar refractivity (Wildman–Crippen MR) is 182 cm³/mol.